The van der Waals surface area contributed by atoms with Crippen molar-refractivity contribution in [3.05, 3.63) is 83.9 Å². The Balaban J connectivity index is 1.67. The SMILES string of the molecule is CC[C@H](C)[C@@H]1NC(=O)[C@@H](CCCN=C(N)N)NC(=O)[C@H](CC=O)NC(=O)[C@@H](CCSC)NC(=O)[C@H]2[C@@H](CCN=C(N)N)CCN2C(=O)CNC(=O)CNC(=O)[C@@H](Cc2ccccc2)NC(=O)[C@H](Cc2c[nH]cn2)NC(=O)[C@@H](NC(=O)[C@@H](N)CCSC)CSSC[C@H](C(=O)N[C@@H](Cc2ccc(O)cc2)C(=O)N[C@@H](CCCN=C(N)N)C(N)=O)NC(=O)[C@@H](CO)NC1=O. The van der Waals surface area contributed by atoms with E-state index >= 15 is 9.59 Å². The molecule has 126 heavy (non-hydrogen) atoms. The number of nitrogens with one attached hydrogen (secondary N) is 14. The van der Waals surface area contributed by atoms with E-state index in [-0.39, 0.29) is 138 Å². The molecule has 2 aliphatic rings. The first-order valence-corrected chi connectivity index (χ1v) is 45.8. The number of thioether (sulfide) groups is 2. The van der Waals surface area contributed by atoms with E-state index < -0.39 is 217 Å². The molecule has 1 aromatic heterocycles. The van der Waals surface area contributed by atoms with Crippen LogP contribution in [0.25, 0.3) is 0 Å². The maximum atomic E-state index is 15.2. The van der Waals surface area contributed by atoms with Crippen LogP contribution >= 0.6 is 45.1 Å². The van der Waals surface area contributed by atoms with Crippen LogP contribution in [0.5, 0.6) is 5.75 Å². The van der Waals surface area contributed by atoms with Crippen molar-refractivity contribution in [2.45, 2.75) is 176 Å². The largest absolute Gasteiger partial charge is 0.508 e. The maximum Gasteiger partial charge on any atom is 0.245 e. The van der Waals surface area contributed by atoms with Gasteiger partial charge in [0.05, 0.1) is 37.8 Å². The van der Waals surface area contributed by atoms with Crippen LogP contribution in [0, 0.1) is 11.8 Å². The number of nitrogens with two attached hydrogens (primary N) is 8. The number of aldehydes is 1. The van der Waals surface area contributed by atoms with Gasteiger partial charge in [-0.05, 0) is 110 Å². The van der Waals surface area contributed by atoms with Crippen LogP contribution in [-0.4, -0.2) is 298 Å². The minimum atomic E-state index is -1.98. The monoisotopic (exact) mass is 1840 g/mol. The number of imidazole rings is 1. The average Bonchev–Trinajstić information content (AvgIpc) is 1.66. The van der Waals surface area contributed by atoms with Gasteiger partial charge in [-0.2, -0.15) is 23.5 Å². The van der Waals surface area contributed by atoms with Crippen LogP contribution in [0.4, 0.5) is 0 Å². The Hall–Kier alpha value is -11.7. The lowest BCUT2D eigenvalue weighted by atomic mass is 9.95. The number of phenolic OH excluding ortho intramolecular Hbond substituents is 1. The number of hydrogen-bond acceptors (Lipinski definition) is 27. The molecule has 3 aromatic rings. The van der Waals surface area contributed by atoms with E-state index in [0.717, 1.165) is 21.6 Å². The summed E-state index contributed by atoms with van der Waals surface area (Å²) in [7, 11) is 1.63. The summed E-state index contributed by atoms with van der Waals surface area (Å²) in [4.78, 5) is 250. The predicted octanol–water partition coefficient (Wildman–Crippen LogP) is -7.96. The topological polar surface area (TPSA) is 747 Å². The lowest BCUT2D eigenvalue weighted by Gasteiger charge is -2.30. The number of aliphatic hydroxyl groups excluding tert-OH is 1. The quantitative estimate of drug-likeness (QED) is 0.00855. The number of hydrogen-bond donors (Lipinski definition) is 24. The van der Waals surface area contributed by atoms with Crippen LogP contribution in [0.1, 0.15) is 94.9 Å². The van der Waals surface area contributed by atoms with Gasteiger partial charge in [0.15, 0.2) is 17.9 Å². The van der Waals surface area contributed by atoms with Crippen molar-refractivity contribution < 1.29 is 86.9 Å². The number of rotatable bonds is 35. The van der Waals surface area contributed by atoms with Crippen molar-refractivity contribution in [3.8, 4) is 5.75 Å². The molecule has 0 spiro atoms. The highest BCUT2D eigenvalue weighted by Gasteiger charge is 2.44. The van der Waals surface area contributed by atoms with Gasteiger partial charge >= 0.3 is 0 Å². The Morgan fingerprint density at radius 3 is 1.83 bits per heavy atom. The number of nitrogens with zero attached hydrogens (tertiary/aromatic N) is 5. The molecule has 2 saturated heterocycles. The molecule has 0 unspecified atom stereocenters. The zero-order valence-electron chi connectivity index (χ0n) is 70.5. The number of H-pyrrole nitrogens is 1. The van der Waals surface area contributed by atoms with E-state index in [0.29, 0.717) is 23.2 Å². The maximum absolute atomic E-state index is 15.2. The molecule has 2 aliphatic heterocycles. The lowest BCUT2D eigenvalue weighted by Crippen LogP contribution is -2.62. The van der Waals surface area contributed by atoms with Crippen LogP contribution in [0.3, 0.4) is 0 Å². The summed E-state index contributed by atoms with van der Waals surface area (Å²) >= 11 is 2.65. The Labute approximate surface area is 744 Å². The number of aromatic nitrogens is 2. The molecular weight excluding hydrogens is 1720 g/mol. The second-order valence-electron chi connectivity index (χ2n) is 29.6. The molecule has 694 valence electrons. The van der Waals surface area contributed by atoms with Crippen molar-refractivity contribution in [2.75, 3.05) is 81.4 Å². The van der Waals surface area contributed by atoms with Gasteiger partial charge in [0.1, 0.15) is 84.5 Å². The molecule has 2 aromatic carbocycles. The van der Waals surface area contributed by atoms with E-state index in [2.05, 4.69) is 94.1 Å². The van der Waals surface area contributed by atoms with Crippen molar-refractivity contribution >= 4 is 158 Å². The molecule has 45 nitrogen and oxygen atoms in total. The normalized spacial score (nSPS) is 22.6. The molecule has 0 aliphatic carbocycles. The minimum Gasteiger partial charge on any atom is -0.508 e. The molecule has 5 rings (SSSR count). The number of amides is 15. The van der Waals surface area contributed by atoms with E-state index in [1.165, 1.54) is 65.2 Å². The minimum absolute atomic E-state index is 0.00692. The highest BCUT2D eigenvalue weighted by atomic mass is 33.1. The van der Waals surface area contributed by atoms with Crippen molar-refractivity contribution in [3.63, 3.8) is 0 Å². The molecule has 15 atom stereocenters. The number of aromatic hydroxyl groups is 1. The molecule has 0 radical (unpaired) electrons. The number of guanidine groups is 3. The molecule has 15 amide bonds. The average molecular weight is 1840 g/mol. The number of aliphatic hydroxyl groups is 1. The summed E-state index contributed by atoms with van der Waals surface area (Å²) in [6.07, 6.45) is 5.14. The molecule has 0 saturated carbocycles. The smallest absolute Gasteiger partial charge is 0.245 e. The van der Waals surface area contributed by atoms with Crippen molar-refractivity contribution in [1.82, 2.24) is 84.0 Å². The number of primary amides is 1. The van der Waals surface area contributed by atoms with Crippen molar-refractivity contribution in [2.24, 2.45) is 72.7 Å². The molecule has 49 heteroatoms. The standard InChI is InChI=1S/C77H119N27O18S4/c1-5-41(2)60-73(121)100-55(37-106)70(118)102-57(72(120)98-53(32-43-15-17-46(107)18-16-43)68(116)93-48(62(79)110)13-9-24-87-75(80)81)39-126-125-38-56(101-63(111)47(78)22-29-123-3)71(119)99-54(33-45-34-86-40-92-45)69(117)97-52(31-42-11-7-6-8-12-42)64(112)91-35-58(108)90-36-59(109)104-27-20-44(19-26-89-77(84)85)61(104)74(122)96-51(23-30-124-4)66(114)95-50(21-28-105)65(113)94-49(67(115)103-60)14-10-25-88-76(82)83/h6-8,11-12,15-18,28,34,40-41,44,47-57,60-61,106-107H,5,9-10,13-14,19-27,29-33,35-39,78H2,1-4H3,(H2,79,110)(H,86,92)(H,90,108)(H,91,112)(H,93,116)(H,94,113)(H,95,114)(H,96,122)(H,97,117)(H,98,120)(H,99,119)(H,100,121)(H,101,111)(H,102,118)(H,103,115)(H4,80,81,87)(H4,82,83,88)(H4,84,85,89)/t41-,44-,47-,48-,49+,50-,51+,52+,53-,54-,55+,56-,57+,60-,61+/m0/s1. The summed E-state index contributed by atoms with van der Waals surface area (Å²) in [5, 5.41) is 54.6. The van der Waals surface area contributed by atoms with Crippen LogP contribution < -0.4 is 115 Å². The third-order valence-corrected chi connectivity index (χ3v) is 23.8. The highest BCUT2D eigenvalue weighted by molar-refractivity contribution is 8.76. The fourth-order valence-corrected chi connectivity index (χ4v) is 16.2. The first kappa shape index (κ1) is 105. The number of fused-ring (bicyclic) bond motifs is 1. The molecular formula is C77H119N27O18S4. The summed E-state index contributed by atoms with van der Waals surface area (Å²) in [5.74, 6) is -17.7. The van der Waals surface area contributed by atoms with Crippen molar-refractivity contribution in [1.29, 1.82) is 0 Å². The Morgan fingerprint density at radius 1 is 0.611 bits per heavy atom. The Bertz CT molecular complexity index is 4230. The molecule has 2 fully saturated rings. The first-order chi connectivity index (χ1) is 60.1. The van der Waals surface area contributed by atoms with Gasteiger partial charge in [0.25, 0.3) is 0 Å². The third-order valence-electron chi connectivity index (χ3n) is 20.1. The molecule has 32 N–H and O–H groups in total. The lowest BCUT2D eigenvalue weighted by molar-refractivity contribution is -0.141. The summed E-state index contributed by atoms with van der Waals surface area (Å²) < 4.78 is 0. The predicted molar refractivity (Wildman–Crippen MR) is 476 cm³/mol. The van der Waals surface area contributed by atoms with Crippen LogP contribution in [0.2, 0.25) is 0 Å². The van der Waals surface area contributed by atoms with Crippen LogP contribution in [-0.2, 0) is 96.0 Å². The van der Waals surface area contributed by atoms with E-state index in [4.69, 9.17) is 45.9 Å². The number of carbonyl (C=O) groups is 16. The van der Waals surface area contributed by atoms with Gasteiger partial charge in [-0.3, -0.25) is 86.9 Å². The van der Waals surface area contributed by atoms with E-state index in [1.807, 2.05) is 0 Å². The Morgan fingerprint density at radius 2 is 1.20 bits per heavy atom. The number of aromatic amines is 1. The fraction of sp³-hybridized carbons (Fsp3) is 0.558. The first-order valence-electron chi connectivity index (χ1n) is 40.6. The highest BCUT2D eigenvalue weighted by Crippen LogP contribution is 2.29. The zero-order valence-corrected chi connectivity index (χ0v) is 73.7. The number of phenols is 1. The number of aliphatic imine (C=N–C) groups is 3. The van der Waals surface area contributed by atoms with Gasteiger partial charge in [0.2, 0.25) is 88.6 Å². The van der Waals surface area contributed by atoms with E-state index in [1.54, 1.807) is 56.7 Å². The number of benzene rings is 2. The summed E-state index contributed by atoms with van der Waals surface area (Å²) in [6.45, 7) is 0.318. The second-order valence-corrected chi connectivity index (χ2v) is 34.1. The van der Waals surface area contributed by atoms with Gasteiger partial charge in [-0.15, -0.1) is 0 Å². The fourth-order valence-electron chi connectivity index (χ4n) is 13.0. The summed E-state index contributed by atoms with van der Waals surface area (Å²) in [5.41, 5.74) is 46.7. The van der Waals surface area contributed by atoms with Gasteiger partial charge in [-0.1, -0.05) is 84.3 Å². The van der Waals surface area contributed by atoms with Gasteiger partial charge in [0, 0.05) is 69.6 Å². The van der Waals surface area contributed by atoms with Crippen LogP contribution in [0.15, 0.2) is 82.1 Å². The second kappa shape index (κ2) is 55.6. The van der Waals surface area contributed by atoms with Gasteiger partial charge in [-0.25, -0.2) is 4.98 Å². The number of carbonyl (C=O) groups excluding carboxylic acids is 16. The summed E-state index contributed by atoms with van der Waals surface area (Å²) in [6, 6.07) is -6.77. The van der Waals surface area contributed by atoms with Gasteiger partial charge < -0.3 is 140 Å². The zero-order chi connectivity index (χ0) is 93.0. The third kappa shape index (κ3) is 36.8. The van der Waals surface area contributed by atoms with E-state index in [9.17, 15) is 77.3 Å². The Kier molecular flexibility index (Phi) is 46.3. The molecule has 3 heterocycles. The molecule has 0 bridgehead atoms.